The van der Waals surface area contributed by atoms with E-state index in [2.05, 4.69) is 27.2 Å². The number of hydrogen-bond acceptors (Lipinski definition) is 7. The zero-order valence-electron chi connectivity index (χ0n) is 20.9. The number of nitrogens with zero attached hydrogens (tertiary/aromatic N) is 5. The number of rotatable bonds is 7. The smallest absolute Gasteiger partial charge is 0.251 e. The molecule has 1 saturated heterocycles. The average molecular weight is 519 g/mol. The summed E-state index contributed by atoms with van der Waals surface area (Å²) >= 11 is 6.77. The quantitative estimate of drug-likeness (QED) is 0.388. The summed E-state index contributed by atoms with van der Waals surface area (Å²) in [6, 6.07) is 9.21. The Kier molecular flexibility index (Phi) is 5.65. The van der Waals surface area contributed by atoms with E-state index in [1.165, 1.54) is 6.33 Å². The normalized spacial score (nSPS) is 17.3. The number of hydrogen-bond donors (Lipinski definition) is 1. The summed E-state index contributed by atoms with van der Waals surface area (Å²) in [5, 5.41) is 3.42. The molecule has 6 rings (SSSR count). The molecule has 4 heterocycles. The van der Waals surface area contributed by atoms with Gasteiger partial charge in [0.2, 0.25) is 5.88 Å². The van der Waals surface area contributed by atoms with Crippen molar-refractivity contribution in [3.8, 4) is 17.3 Å². The highest BCUT2D eigenvalue weighted by molar-refractivity contribution is 6.33. The van der Waals surface area contributed by atoms with Gasteiger partial charge in [-0.1, -0.05) is 11.6 Å². The molecule has 0 atom stereocenters. The van der Waals surface area contributed by atoms with E-state index in [4.69, 9.17) is 26.1 Å². The predicted molar refractivity (Wildman–Crippen MR) is 139 cm³/mol. The number of aromatic nitrogens is 5. The van der Waals surface area contributed by atoms with Crippen molar-refractivity contribution < 1.29 is 14.3 Å². The van der Waals surface area contributed by atoms with Crippen LogP contribution in [0.15, 0.2) is 42.9 Å². The van der Waals surface area contributed by atoms with Crippen molar-refractivity contribution in [2.24, 2.45) is 0 Å². The first-order valence-electron chi connectivity index (χ1n) is 12.2. The molecule has 2 aliphatic rings. The van der Waals surface area contributed by atoms with E-state index in [-0.39, 0.29) is 17.0 Å². The first-order valence-corrected chi connectivity index (χ1v) is 12.6. The van der Waals surface area contributed by atoms with Gasteiger partial charge in [0, 0.05) is 17.3 Å². The van der Waals surface area contributed by atoms with Crippen LogP contribution in [0.4, 0.5) is 0 Å². The van der Waals surface area contributed by atoms with Crippen molar-refractivity contribution in [2.45, 2.75) is 51.3 Å². The van der Waals surface area contributed by atoms with Crippen LogP contribution in [-0.2, 0) is 11.3 Å². The number of carbonyl (C=O) groups excluding carboxylic acids is 1. The lowest BCUT2D eigenvalue weighted by molar-refractivity contribution is -0.0593. The van der Waals surface area contributed by atoms with E-state index in [1.807, 2.05) is 36.6 Å². The van der Waals surface area contributed by atoms with Crippen LogP contribution in [0, 0.1) is 6.92 Å². The minimum atomic E-state index is -0.357. The Morgan fingerprint density at radius 2 is 1.97 bits per heavy atom. The van der Waals surface area contributed by atoms with E-state index in [1.54, 1.807) is 18.3 Å². The van der Waals surface area contributed by atoms with E-state index in [9.17, 15) is 4.79 Å². The summed E-state index contributed by atoms with van der Waals surface area (Å²) in [4.78, 5) is 31.2. The van der Waals surface area contributed by atoms with Gasteiger partial charge in [0.15, 0.2) is 11.2 Å². The maximum Gasteiger partial charge on any atom is 0.251 e. The molecule has 1 saturated carbocycles. The number of aryl methyl sites for hydroxylation is 1. The van der Waals surface area contributed by atoms with E-state index < -0.39 is 0 Å². The second-order valence-corrected chi connectivity index (χ2v) is 10.9. The number of ether oxygens (including phenoxy) is 2. The Balaban J connectivity index is 1.42. The summed E-state index contributed by atoms with van der Waals surface area (Å²) in [5.74, 6) is 0.849. The largest absolute Gasteiger partial charge is 0.470 e. The van der Waals surface area contributed by atoms with E-state index in [0.29, 0.717) is 58.8 Å². The second-order valence-electron chi connectivity index (χ2n) is 10.5. The Bertz CT molecular complexity index is 1530. The van der Waals surface area contributed by atoms with E-state index >= 15 is 0 Å². The van der Waals surface area contributed by atoms with Crippen molar-refractivity contribution >= 4 is 28.7 Å². The number of imidazole rings is 1. The first kappa shape index (κ1) is 23.8. The molecule has 0 radical (unpaired) electrons. The molecule has 0 bridgehead atoms. The molecule has 3 aromatic heterocycles. The summed E-state index contributed by atoms with van der Waals surface area (Å²) in [6.07, 6.45) is 5.23. The van der Waals surface area contributed by atoms with Crippen LogP contribution in [0.5, 0.6) is 5.88 Å². The van der Waals surface area contributed by atoms with Crippen molar-refractivity contribution in [1.29, 1.82) is 0 Å². The van der Waals surface area contributed by atoms with Crippen molar-refractivity contribution in [3.05, 3.63) is 64.7 Å². The van der Waals surface area contributed by atoms with E-state index in [0.717, 1.165) is 24.1 Å². The average Bonchev–Trinajstić information content (AvgIpc) is 3.46. The molecule has 1 aromatic carbocycles. The van der Waals surface area contributed by atoms with Crippen LogP contribution in [0.1, 0.15) is 48.3 Å². The highest BCUT2D eigenvalue weighted by Crippen LogP contribution is 2.41. The van der Waals surface area contributed by atoms with Gasteiger partial charge in [-0.05, 0) is 69.5 Å². The van der Waals surface area contributed by atoms with Gasteiger partial charge >= 0.3 is 0 Å². The molecule has 1 aliphatic heterocycles. The topological polar surface area (TPSA) is 104 Å². The molecule has 190 valence electrons. The highest BCUT2D eigenvalue weighted by atomic mass is 35.5. The third kappa shape index (κ3) is 4.65. The number of halogens is 1. The predicted octanol–water partition coefficient (Wildman–Crippen LogP) is 4.35. The van der Waals surface area contributed by atoms with Gasteiger partial charge in [-0.25, -0.2) is 9.97 Å². The molecule has 1 N–H and O–H groups in total. The molecular formula is C27H27ClN6O3. The first-order chi connectivity index (χ1) is 17.7. The molecule has 2 fully saturated rings. The molecule has 1 aliphatic carbocycles. The van der Waals surface area contributed by atoms with Crippen LogP contribution in [0.25, 0.3) is 22.6 Å². The van der Waals surface area contributed by atoms with Crippen LogP contribution in [-0.4, -0.2) is 54.8 Å². The molecule has 0 spiro atoms. The highest BCUT2D eigenvalue weighted by Gasteiger charge is 2.41. The standard InChI is InChI=1S/C27H27ClN6O3/c1-16-6-9-29-18(10-16)12-34-22(32-21-23(34)30-15-31-25(21)37-27(3)7-8-27)19-5-4-17(11-20(19)28)24(35)33-26(2)13-36-14-26/h4-6,9-11,15H,7-8,12-14H2,1-3H3,(H,33,35). The molecule has 9 nitrogen and oxygen atoms in total. The lowest BCUT2D eigenvalue weighted by atomic mass is 10.00. The number of fused-ring (bicyclic) bond motifs is 1. The van der Waals surface area contributed by atoms with Gasteiger partial charge in [0.1, 0.15) is 17.8 Å². The van der Waals surface area contributed by atoms with Crippen molar-refractivity contribution in [1.82, 2.24) is 29.8 Å². The van der Waals surface area contributed by atoms with Gasteiger partial charge in [-0.3, -0.25) is 9.78 Å². The summed E-state index contributed by atoms with van der Waals surface area (Å²) < 4.78 is 13.4. The van der Waals surface area contributed by atoms with Crippen LogP contribution >= 0.6 is 11.6 Å². The van der Waals surface area contributed by atoms with Gasteiger partial charge < -0.3 is 19.4 Å². The van der Waals surface area contributed by atoms with Gasteiger partial charge in [0.05, 0.1) is 36.0 Å². The number of nitrogens with one attached hydrogen (secondary N) is 1. The fraction of sp³-hybridized carbons (Fsp3) is 0.370. The number of pyridine rings is 1. The fourth-order valence-corrected chi connectivity index (χ4v) is 4.63. The molecule has 0 unspecified atom stereocenters. The Morgan fingerprint density at radius 1 is 1.16 bits per heavy atom. The SMILES string of the molecule is Cc1ccnc(Cn2c(-c3ccc(C(=O)NC4(C)COC4)cc3Cl)nc3c(OC4(C)CC4)ncnc32)c1. The lowest BCUT2D eigenvalue weighted by Gasteiger charge is -2.38. The number of benzene rings is 1. The van der Waals surface area contributed by atoms with Crippen LogP contribution in [0.2, 0.25) is 5.02 Å². The Morgan fingerprint density at radius 3 is 2.65 bits per heavy atom. The fourth-order valence-electron chi connectivity index (χ4n) is 4.37. The zero-order chi connectivity index (χ0) is 25.8. The van der Waals surface area contributed by atoms with Gasteiger partial charge in [-0.15, -0.1) is 0 Å². The number of amides is 1. The van der Waals surface area contributed by atoms with Gasteiger partial charge in [0.25, 0.3) is 5.91 Å². The monoisotopic (exact) mass is 518 g/mol. The summed E-state index contributed by atoms with van der Waals surface area (Å²) in [6.45, 7) is 7.46. The van der Waals surface area contributed by atoms with Crippen LogP contribution < -0.4 is 10.1 Å². The third-order valence-corrected chi connectivity index (χ3v) is 7.13. The van der Waals surface area contributed by atoms with Gasteiger partial charge in [-0.2, -0.15) is 4.98 Å². The van der Waals surface area contributed by atoms with Crippen molar-refractivity contribution in [3.63, 3.8) is 0 Å². The zero-order valence-corrected chi connectivity index (χ0v) is 21.7. The molecule has 4 aromatic rings. The summed E-state index contributed by atoms with van der Waals surface area (Å²) in [5.41, 5.74) is 3.72. The maximum absolute atomic E-state index is 12.8. The Labute approximate surface area is 219 Å². The molecule has 37 heavy (non-hydrogen) atoms. The third-order valence-electron chi connectivity index (χ3n) is 6.82. The second kappa shape index (κ2) is 8.78. The number of carbonyl (C=O) groups is 1. The molecule has 1 amide bonds. The maximum atomic E-state index is 12.8. The molecular weight excluding hydrogens is 492 g/mol. The lowest BCUT2D eigenvalue weighted by Crippen LogP contribution is -2.59. The Hall–Kier alpha value is -3.56. The molecule has 10 heteroatoms. The summed E-state index contributed by atoms with van der Waals surface area (Å²) in [7, 11) is 0. The minimum Gasteiger partial charge on any atom is -0.470 e. The minimum absolute atomic E-state index is 0.198. The van der Waals surface area contributed by atoms with Crippen LogP contribution in [0.3, 0.4) is 0 Å². The van der Waals surface area contributed by atoms with Crippen molar-refractivity contribution in [2.75, 3.05) is 13.2 Å².